The summed E-state index contributed by atoms with van der Waals surface area (Å²) in [6.45, 7) is 0.959. The molecule has 3 rings (SSSR count). The third kappa shape index (κ3) is 3.99. The quantitative estimate of drug-likeness (QED) is 0.900. The Labute approximate surface area is 144 Å². The maximum absolute atomic E-state index is 13.5. The average molecular weight is 346 g/mol. The minimum atomic E-state index is -0.456. The van der Waals surface area contributed by atoms with Gasteiger partial charge in [0, 0.05) is 19.0 Å². The minimum Gasteiger partial charge on any atom is -0.483 e. The van der Waals surface area contributed by atoms with E-state index in [1.807, 2.05) is 0 Å². The van der Waals surface area contributed by atoms with E-state index in [-0.39, 0.29) is 35.8 Å². The highest BCUT2D eigenvalue weighted by Gasteiger charge is 2.27. The zero-order valence-corrected chi connectivity index (χ0v) is 13.6. The van der Waals surface area contributed by atoms with Gasteiger partial charge in [0.1, 0.15) is 12.4 Å². The second-order valence-corrected chi connectivity index (χ2v) is 5.95. The number of hydrogen-bond donors (Lipinski definition) is 1. The van der Waals surface area contributed by atoms with Gasteiger partial charge >= 0.3 is 0 Å². The standard InChI is InChI=1S/C18H19FN2O4/c19-14-3-1-2-4-15(14)24-11-13-5-6-16(25-13)18(23)21-9-7-12(8-10-21)17(20)22/h1-6,12H,7-11H2,(H2,20,22). The average Bonchev–Trinajstić information content (AvgIpc) is 3.09. The van der Waals surface area contributed by atoms with E-state index < -0.39 is 5.82 Å². The van der Waals surface area contributed by atoms with Gasteiger partial charge in [-0.3, -0.25) is 9.59 Å². The lowest BCUT2D eigenvalue weighted by molar-refractivity contribution is -0.123. The van der Waals surface area contributed by atoms with Crippen molar-refractivity contribution >= 4 is 11.8 Å². The van der Waals surface area contributed by atoms with Crippen LogP contribution in [0.25, 0.3) is 0 Å². The lowest BCUT2D eigenvalue weighted by Crippen LogP contribution is -2.41. The summed E-state index contributed by atoms with van der Waals surface area (Å²) in [7, 11) is 0. The number of nitrogens with two attached hydrogens (primary N) is 1. The second kappa shape index (κ2) is 7.38. The molecular weight excluding hydrogens is 327 g/mol. The van der Waals surface area contributed by atoms with Crippen LogP contribution in [0.1, 0.15) is 29.2 Å². The largest absolute Gasteiger partial charge is 0.483 e. The first-order valence-corrected chi connectivity index (χ1v) is 8.09. The summed E-state index contributed by atoms with van der Waals surface area (Å²) in [5.41, 5.74) is 5.29. The van der Waals surface area contributed by atoms with Crippen molar-refractivity contribution < 1.29 is 23.1 Å². The predicted octanol–water partition coefficient (Wildman–Crippen LogP) is 2.34. The Balaban J connectivity index is 1.57. The molecule has 0 radical (unpaired) electrons. The highest BCUT2D eigenvalue weighted by molar-refractivity contribution is 5.91. The number of para-hydroxylation sites is 1. The molecule has 7 heteroatoms. The molecule has 0 spiro atoms. The van der Waals surface area contributed by atoms with Gasteiger partial charge < -0.3 is 19.8 Å². The van der Waals surface area contributed by atoms with Crippen LogP contribution in [0.2, 0.25) is 0 Å². The van der Waals surface area contributed by atoms with E-state index in [0.717, 1.165) is 0 Å². The monoisotopic (exact) mass is 346 g/mol. The van der Waals surface area contributed by atoms with Crippen LogP contribution in [0.4, 0.5) is 4.39 Å². The SMILES string of the molecule is NC(=O)C1CCN(C(=O)c2ccc(COc3ccccc3F)o2)CC1. The van der Waals surface area contributed by atoms with Gasteiger partial charge in [-0.15, -0.1) is 0 Å². The molecule has 25 heavy (non-hydrogen) atoms. The number of amides is 2. The molecule has 1 saturated heterocycles. The molecule has 6 nitrogen and oxygen atoms in total. The molecule has 132 valence electrons. The number of piperidine rings is 1. The van der Waals surface area contributed by atoms with E-state index in [1.54, 1.807) is 29.2 Å². The van der Waals surface area contributed by atoms with Crippen molar-refractivity contribution in [2.24, 2.45) is 11.7 Å². The Hall–Kier alpha value is -2.83. The first kappa shape index (κ1) is 17.0. The topological polar surface area (TPSA) is 85.8 Å². The van der Waals surface area contributed by atoms with Crippen molar-refractivity contribution in [3.63, 3.8) is 0 Å². The Kier molecular flexibility index (Phi) is 5.02. The fourth-order valence-electron chi connectivity index (χ4n) is 2.80. The van der Waals surface area contributed by atoms with Gasteiger partial charge in [0.15, 0.2) is 17.3 Å². The predicted molar refractivity (Wildman–Crippen MR) is 87.3 cm³/mol. The van der Waals surface area contributed by atoms with E-state index in [9.17, 15) is 14.0 Å². The first-order valence-electron chi connectivity index (χ1n) is 8.09. The van der Waals surface area contributed by atoms with Crippen molar-refractivity contribution in [1.29, 1.82) is 0 Å². The maximum Gasteiger partial charge on any atom is 0.289 e. The fraction of sp³-hybridized carbons (Fsp3) is 0.333. The summed E-state index contributed by atoms with van der Waals surface area (Å²) >= 11 is 0. The van der Waals surface area contributed by atoms with Crippen molar-refractivity contribution in [2.45, 2.75) is 19.4 Å². The van der Waals surface area contributed by atoms with E-state index in [1.165, 1.54) is 12.1 Å². The molecule has 1 aliphatic heterocycles. The molecule has 1 aliphatic rings. The summed E-state index contributed by atoms with van der Waals surface area (Å²) in [4.78, 5) is 25.2. The molecule has 0 aliphatic carbocycles. The van der Waals surface area contributed by atoms with Gasteiger partial charge in [-0.05, 0) is 37.1 Å². The number of ether oxygens (including phenoxy) is 1. The van der Waals surface area contributed by atoms with E-state index in [2.05, 4.69) is 0 Å². The van der Waals surface area contributed by atoms with Crippen LogP contribution in [-0.4, -0.2) is 29.8 Å². The summed E-state index contributed by atoms with van der Waals surface area (Å²) in [5.74, 6) is -0.436. The summed E-state index contributed by atoms with van der Waals surface area (Å²) < 4.78 is 24.4. The summed E-state index contributed by atoms with van der Waals surface area (Å²) in [5, 5.41) is 0. The van der Waals surface area contributed by atoms with Gasteiger partial charge in [-0.1, -0.05) is 12.1 Å². The minimum absolute atomic E-state index is 0.0258. The number of rotatable bonds is 5. The Morgan fingerprint density at radius 3 is 2.60 bits per heavy atom. The molecule has 1 aromatic carbocycles. The van der Waals surface area contributed by atoms with Crippen molar-refractivity contribution in [3.05, 3.63) is 53.7 Å². The number of furan rings is 1. The lowest BCUT2D eigenvalue weighted by Gasteiger charge is -2.29. The maximum atomic E-state index is 13.5. The number of halogens is 1. The van der Waals surface area contributed by atoms with E-state index in [4.69, 9.17) is 14.9 Å². The zero-order chi connectivity index (χ0) is 17.8. The number of carbonyl (C=O) groups is 2. The van der Waals surface area contributed by atoms with Crippen LogP contribution in [-0.2, 0) is 11.4 Å². The highest BCUT2D eigenvalue weighted by Crippen LogP contribution is 2.21. The number of benzene rings is 1. The molecule has 2 heterocycles. The molecule has 2 N–H and O–H groups in total. The van der Waals surface area contributed by atoms with Gasteiger partial charge in [0.05, 0.1) is 0 Å². The van der Waals surface area contributed by atoms with Crippen LogP contribution in [0, 0.1) is 11.7 Å². The number of likely N-dealkylation sites (tertiary alicyclic amines) is 1. The van der Waals surface area contributed by atoms with Crippen molar-refractivity contribution in [3.8, 4) is 5.75 Å². The van der Waals surface area contributed by atoms with Crippen molar-refractivity contribution in [1.82, 2.24) is 4.90 Å². The molecule has 2 amide bonds. The van der Waals surface area contributed by atoms with Crippen LogP contribution in [0.15, 0.2) is 40.8 Å². The summed E-state index contributed by atoms with van der Waals surface area (Å²) in [6.07, 6.45) is 1.12. The first-order chi connectivity index (χ1) is 12.0. The van der Waals surface area contributed by atoms with E-state index in [0.29, 0.717) is 31.7 Å². The molecule has 0 atom stereocenters. The molecule has 2 aromatic rings. The molecule has 0 unspecified atom stereocenters. The van der Waals surface area contributed by atoms with Crippen LogP contribution in [0.3, 0.4) is 0 Å². The third-order valence-corrected chi connectivity index (χ3v) is 4.26. The molecular formula is C18H19FN2O4. The van der Waals surface area contributed by atoms with E-state index >= 15 is 0 Å². The Bertz CT molecular complexity index is 766. The Morgan fingerprint density at radius 2 is 1.92 bits per heavy atom. The van der Waals surface area contributed by atoms with Gasteiger partial charge in [-0.25, -0.2) is 4.39 Å². The third-order valence-electron chi connectivity index (χ3n) is 4.26. The van der Waals surface area contributed by atoms with Crippen LogP contribution < -0.4 is 10.5 Å². The smallest absolute Gasteiger partial charge is 0.289 e. The number of carbonyl (C=O) groups excluding carboxylic acids is 2. The Morgan fingerprint density at radius 1 is 1.20 bits per heavy atom. The second-order valence-electron chi connectivity index (χ2n) is 5.95. The normalized spacial score (nSPS) is 15.2. The van der Waals surface area contributed by atoms with Crippen LogP contribution in [0.5, 0.6) is 5.75 Å². The van der Waals surface area contributed by atoms with Gasteiger partial charge in [0.25, 0.3) is 5.91 Å². The van der Waals surface area contributed by atoms with Crippen LogP contribution >= 0.6 is 0 Å². The number of primary amides is 1. The fourth-order valence-corrected chi connectivity index (χ4v) is 2.80. The van der Waals surface area contributed by atoms with Crippen molar-refractivity contribution in [2.75, 3.05) is 13.1 Å². The molecule has 0 saturated carbocycles. The summed E-state index contributed by atoms with van der Waals surface area (Å²) in [6, 6.07) is 9.28. The lowest BCUT2D eigenvalue weighted by atomic mass is 9.96. The molecule has 1 aromatic heterocycles. The number of hydrogen-bond acceptors (Lipinski definition) is 4. The van der Waals surface area contributed by atoms with Gasteiger partial charge in [0.2, 0.25) is 5.91 Å². The molecule has 1 fully saturated rings. The number of nitrogens with zero attached hydrogens (tertiary/aromatic N) is 1. The highest BCUT2D eigenvalue weighted by atomic mass is 19.1. The molecule has 0 bridgehead atoms. The van der Waals surface area contributed by atoms with Gasteiger partial charge in [-0.2, -0.15) is 0 Å². The zero-order valence-electron chi connectivity index (χ0n) is 13.6.